The van der Waals surface area contributed by atoms with Crippen LogP contribution in [0.1, 0.15) is 5.56 Å². The van der Waals surface area contributed by atoms with Gasteiger partial charge in [0.05, 0.1) is 26.7 Å². The molecule has 0 spiro atoms. The third-order valence-corrected chi connectivity index (χ3v) is 3.01. The molecule has 0 amide bonds. The maximum Gasteiger partial charge on any atom is 0.161 e. The van der Waals surface area contributed by atoms with E-state index in [-0.39, 0.29) is 12.2 Å². The van der Waals surface area contributed by atoms with Crippen LogP contribution in [0, 0.1) is 17.1 Å². The summed E-state index contributed by atoms with van der Waals surface area (Å²) in [6.07, 6.45) is 0.251. The molecule has 0 saturated heterocycles. The summed E-state index contributed by atoms with van der Waals surface area (Å²) >= 11 is 0. The summed E-state index contributed by atoms with van der Waals surface area (Å²) in [6, 6.07) is 11.9. The fourth-order valence-electron chi connectivity index (χ4n) is 2.00. The van der Waals surface area contributed by atoms with Crippen molar-refractivity contribution in [3.63, 3.8) is 0 Å². The summed E-state index contributed by atoms with van der Waals surface area (Å²) in [7, 11) is 3.08. The number of nitrogens with zero attached hydrogens (tertiary/aromatic N) is 1. The van der Waals surface area contributed by atoms with Crippen LogP contribution in [0.2, 0.25) is 0 Å². The molecule has 0 saturated carbocycles. The highest BCUT2D eigenvalue weighted by molar-refractivity contribution is 5.68. The lowest BCUT2D eigenvalue weighted by atomic mass is 10.0. The highest BCUT2D eigenvalue weighted by Crippen LogP contribution is 2.33. The standard InChI is InChI=1S/C16H14FNO2/c1-19-15-6-4-12(10-16(15)20-2)13-9-11(7-8-18)3-5-14(13)17/h3-6,9-10H,7H2,1-2H3. The van der Waals surface area contributed by atoms with Gasteiger partial charge in [-0.1, -0.05) is 12.1 Å². The maximum atomic E-state index is 14.0. The summed E-state index contributed by atoms with van der Waals surface area (Å²) in [5.74, 6) is 0.791. The van der Waals surface area contributed by atoms with E-state index in [9.17, 15) is 4.39 Å². The van der Waals surface area contributed by atoms with Gasteiger partial charge in [0.2, 0.25) is 0 Å². The Bertz CT molecular complexity index is 662. The quantitative estimate of drug-likeness (QED) is 0.853. The smallest absolute Gasteiger partial charge is 0.161 e. The molecule has 4 heteroatoms. The van der Waals surface area contributed by atoms with Gasteiger partial charge in [0, 0.05) is 5.56 Å². The maximum absolute atomic E-state index is 14.0. The average Bonchev–Trinajstić information content (AvgIpc) is 2.48. The van der Waals surface area contributed by atoms with Crippen LogP contribution >= 0.6 is 0 Å². The Hall–Kier alpha value is -2.54. The Morgan fingerprint density at radius 2 is 1.80 bits per heavy atom. The fraction of sp³-hybridized carbons (Fsp3) is 0.188. The van der Waals surface area contributed by atoms with Crippen LogP contribution in [0.4, 0.5) is 4.39 Å². The van der Waals surface area contributed by atoms with Crippen LogP contribution < -0.4 is 9.47 Å². The van der Waals surface area contributed by atoms with Crippen LogP contribution in [0.5, 0.6) is 11.5 Å². The highest BCUT2D eigenvalue weighted by Gasteiger charge is 2.10. The third-order valence-electron chi connectivity index (χ3n) is 3.01. The summed E-state index contributed by atoms with van der Waals surface area (Å²) < 4.78 is 24.3. The molecular formula is C16H14FNO2. The predicted octanol–water partition coefficient (Wildman–Crippen LogP) is 3.58. The zero-order valence-corrected chi connectivity index (χ0v) is 11.3. The summed E-state index contributed by atoms with van der Waals surface area (Å²) in [5.41, 5.74) is 1.90. The minimum Gasteiger partial charge on any atom is -0.493 e. The molecule has 0 aromatic heterocycles. The second-order valence-corrected chi connectivity index (χ2v) is 4.22. The average molecular weight is 271 g/mol. The Morgan fingerprint density at radius 3 is 2.45 bits per heavy atom. The highest BCUT2D eigenvalue weighted by atomic mass is 19.1. The first-order chi connectivity index (χ1) is 9.69. The minimum atomic E-state index is -0.334. The van der Waals surface area contributed by atoms with Crippen molar-refractivity contribution in [1.29, 1.82) is 5.26 Å². The van der Waals surface area contributed by atoms with E-state index in [1.807, 2.05) is 0 Å². The lowest BCUT2D eigenvalue weighted by Gasteiger charge is -2.11. The van der Waals surface area contributed by atoms with Crippen molar-refractivity contribution in [3.8, 4) is 28.7 Å². The zero-order valence-electron chi connectivity index (χ0n) is 11.3. The molecular weight excluding hydrogens is 257 g/mol. The molecule has 2 aromatic rings. The van der Waals surface area contributed by atoms with Crippen molar-refractivity contribution in [2.24, 2.45) is 0 Å². The summed E-state index contributed by atoms with van der Waals surface area (Å²) in [6.45, 7) is 0. The molecule has 3 nitrogen and oxygen atoms in total. The Morgan fingerprint density at radius 1 is 1.05 bits per heavy atom. The Balaban J connectivity index is 2.50. The molecule has 0 heterocycles. The van der Waals surface area contributed by atoms with E-state index in [0.717, 1.165) is 5.56 Å². The van der Waals surface area contributed by atoms with E-state index in [4.69, 9.17) is 14.7 Å². The van der Waals surface area contributed by atoms with Gasteiger partial charge >= 0.3 is 0 Å². The normalized spacial score (nSPS) is 9.90. The van der Waals surface area contributed by atoms with Crippen molar-refractivity contribution >= 4 is 0 Å². The SMILES string of the molecule is COc1ccc(-c2cc(CC#N)ccc2F)cc1OC. The molecule has 2 rings (SSSR count). The molecule has 0 radical (unpaired) electrons. The van der Waals surface area contributed by atoms with Gasteiger partial charge in [-0.3, -0.25) is 0 Å². The van der Waals surface area contributed by atoms with Crippen LogP contribution in [0.3, 0.4) is 0 Å². The molecule has 0 fully saturated rings. The van der Waals surface area contributed by atoms with Gasteiger partial charge in [-0.2, -0.15) is 5.26 Å². The largest absolute Gasteiger partial charge is 0.493 e. The van der Waals surface area contributed by atoms with Gasteiger partial charge < -0.3 is 9.47 Å². The van der Waals surface area contributed by atoms with Crippen molar-refractivity contribution in [2.45, 2.75) is 6.42 Å². The molecule has 0 aliphatic heterocycles. The summed E-state index contributed by atoms with van der Waals surface area (Å²) in [4.78, 5) is 0. The lowest BCUT2D eigenvalue weighted by Crippen LogP contribution is -1.93. The number of nitriles is 1. The number of benzene rings is 2. The third kappa shape index (κ3) is 2.72. The second kappa shape index (κ2) is 6.07. The van der Waals surface area contributed by atoms with E-state index in [2.05, 4.69) is 6.07 Å². The zero-order chi connectivity index (χ0) is 14.5. The first-order valence-corrected chi connectivity index (χ1v) is 6.07. The second-order valence-electron chi connectivity index (χ2n) is 4.22. The molecule has 0 aliphatic carbocycles. The number of hydrogen-bond donors (Lipinski definition) is 0. The Kier molecular flexibility index (Phi) is 4.21. The van der Waals surface area contributed by atoms with Crippen molar-refractivity contribution in [1.82, 2.24) is 0 Å². The monoisotopic (exact) mass is 271 g/mol. The number of hydrogen-bond acceptors (Lipinski definition) is 3. The molecule has 0 N–H and O–H groups in total. The van der Waals surface area contributed by atoms with Gasteiger partial charge in [0.25, 0.3) is 0 Å². The van der Waals surface area contributed by atoms with Gasteiger partial charge in [0.1, 0.15) is 5.82 Å². The first kappa shape index (κ1) is 13.9. The van der Waals surface area contributed by atoms with E-state index in [0.29, 0.717) is 22.6 Å². The van der Waals surface area contributed by atoms with Crippen LogP contribution in [-0.2, 0) is 6.42 Å². The number of methoxy groups -OCH3 is 2. The molecule has 0 atom stereocenters. The minimum absolute atomic E-state index is 0.251. The van der Waals surface area contributed by atoms with Crippen LogP contribution in [0.15, 0.2) is 36.4 Å². The van der Waals surface area contributed by atoms with E-state index in [1.54, 1.807) is 37.4 Å². The van der Waals surface area contributed by atoms with Gasteiger partial charge in [-0.05, 0) is 35.4 Å². The van der Waals surface area contributed by atoms with Crippen LogP contribution in [0.25, 0.3) is 11.1 Å². The number of halogens is 1. The van der Waals surface area contributed by atoms with Gasteiger partial charge in [-0.15, -0.1) is 0 Å². The predicted molar refractivity (Wildman–Crippen MR) is 74.3 cm³/mol. The topological polar surface area (TPSA) is 42.2 Å². The van der Waals surface area contributed by atoms with Gasteiger partial charge in [-0.25, -0.2) is 4.39 Å². The van der Waals surface area contributed by atoms with E-state index < -0.39 is 0 Å². The van der Waals surface area contributed by atoms with Crippen molar-refractivity contribution in [3.05, 3.63) is 47.8 Å². The number of ether oxygens (including phenoxy) is 2. The fourth-order valence-corrected chi connectivity index (χ4v) is 2.00. The van der Waals surface area contributed by atoms with Crippen LogP contribution in [-0.4, -0.2) is 14.2 Å². The lowest BCUT2D eigenvalue weighted by molar-refractivity contribution is 0.355. The Labute approximate surface area is 117 Å². The van der Waals surface area contributed by atoms with Crippen molar-refractivity contribution < 1.29 is 13.9 Å². The van der Waals surface area contributed by atoms with Gasteiger partial charge in [0.15, 0.2) is 11.5 Å². The molecule has 0 aliphatic rings. The molecule has 20 heavy (non-hydrogen) atoms. The first-order valence-electron chi connectivity index (χ1n) is 6.07. The van der Waals surface area contributed by atoms with E-state index >= 15 is 0 Å². The molecule has 102 valence electrons. The van der Waals surface area contributed by atoms with E-state index in [1.165, 1.54) is 13.2 Å². The molecule has 0 bridgehead atoms. The number of rotatable bonds is 4. The van der Waals surface area contributed by atoms with Crippen molar-refractivity contribution in [2.75, 3.05) is 14.2 Å². The molecule has 0 unspecified atom stereocenters. The summed E-state index contributed by atoms with van der Waals surface area (Å²) in [5, 5.41) is 8.72. The molecule has 2 aromatic carbocycles.